The van der Waals surface area contributed by atoms with Crippen LogP contribution in [-0.2, 0) is 0 Å². The van der Waals surface area contributed by atoms with Crippen LogP contribution in [0.2, 0.25) is 0 Å². The number of nitrogens with one attached hydrogen (secondary N) is 1. The number of hydrogen-bond acceptors (Lipinski definition) is 4. The van der Waals surface area contributed by atoms with Crippen LogP contribution in [0.3, 0.4) is 0 Å². The quantitative estimate of drug-likeness (QED) is 0.874. The Morgan fingerprint density at radius 2 is 1.80 bits per heavy atom. The predicted octanol–water partition coefficient (Wildman–Crippen LogP) is 3.63. The minimum atomic E-state index is 0.189. The molecule has 0 amide bonds. The third kappa shape index (κ3) is 2.85. The van der Waals surface area contributed by atoms with E-state index in [9.17, 15) is 0 Å². The summed E-state index contributed by atoms with van der Waals surface area (Å²) >= 11 is 6.20. The maximum Gasteiger partial charge on any atom is 0.243 e. The van der Waals surface area contributed by atoms with E-state index in [1.165, 1.54) is 32.1 Å². The van der Waals surface area contributed by atoms with Gasteiger partial charge < -0.3 is 5.32 Å². The molecule has 1 aliphatic rings. The maximum absolute atomic E-state index is 6.20. The lowest BCUT2D eigenvalue weighted by Crippen LogP contribution is -2.34. The minimum absolute atomic E-state index is 0.189. The van der Waals surface area contributed by atoms with Gasteiger partial charge in [-0.25, -0.2) is 4.98 Å². The van der Waals surface area contributed by atoms with Crippen LogP contribution in [0.15, 0.2) is 24.3 Å². The standard InChI is InChI=1S/C15H19ClN4/c16-10-15(8-4-1-5-9-15)11-17-14-18-12-6-2-3-7-13(12)19-20-14/h2-3,6-7H,1,4-5,8-11H2,(H,17,18,20). The van der Waals surface area contributed by atoms with E-state index in [1.807, 2.05) is 24.3 Å². The van der Waals surface area contributed by atoms with Crippen LogP contribution in [0.1, 0.15) is 32.1 Å². The smallest absolute Gasteiger partial charge is 0.243 e. The van der Waals surface area contributed by atoms with E-state index in [0.717, 1.165) is 17.6 Å². The summed E-state index contributed by atoms with van der Waals surface area (Å²) in [6.07, 6.45) is 6.23. The van der Waals surface area contributed by atoms with Crippen LogP contribution < -0.4 is 5.32 Å². The summed E-state index contributed by atoms with van der Waals surface area (Å²) in [5, 5.41) is 11.7. The van der Waals surface area contributed by atoms with E-state index < -0.39 is 0 Å². The minimum Gasteiger partial charge on any atom is -0.352 e. The van der Waals surface area contributed by atoms with Gasteiger partial charge in [0.25, 0.3) is 0 Å². The molecule has 1 aromatic heterocycles. The third-order valence-corrected chi connectivity index (χ3v) is 4.75. The largest absolute Gasteiger partial charge is 0.352 e. The molecule has 1 heterocycles. The summed E-state index contributed by atoms with van der Waals surface area (Å²) < 4.78 is 0. The second-order valence-electron chi connectivity index (χ2n) is 5.67. The maximum atomic E-state index is 6.20. The van der Waals surface area contributed by atoms with E-state index in [0.29, 0.717) is 11.8 Å². The molecule has 0 aliphatic heterocycles. The number of para-hydroxylation sites is 1. The molecule has 0 atom stereocenters. The molecule has 106 valence electrons. The summed E-state index contributed by atoms with van der Waals surface area (Å²) in [5.74, 6) is 1.29. The zero-order valence-corrected chi connectivity index (χ0v) is 12.2. The summed E-state index contributed by atoms with van der Waals surface area (Å²) in [4.78, 5) is 4.50. The summed E-state index contributed by atoms with van der Waals surface area (Å²) in [7, 11) is 0. The van der Waals surface area contributed by atoms with Gasteiger partial charge in [0.15, 0.2) is 0 Å². The Hall–Kier alpha value is -1.42. The molecule has 5 heteroatoms. The number of alkyl halides is 1. The van der Waals surface area contributed by atoms with Gasteiger partial charge in [-0.1, -0.05) is 31.4 Å². The second-order valence-corrected chi connectivity index (χ2v) is 5.94. The molecule has 0 radical (unpaired) electrons. The molecule has 1 saturated carbocycles. The van der Waals surface area contributed by atoms with Gasteiger partial charge in [-0.15, -0.1) is 21.8 Å². The van der Waals surface area contributed by atoms with Crippen molar-refractivity contribution in [1.82, 2.24) is 15.2 Å². The van der Waals surface area contributed by atoms with Crippen molar-refractivity contribution in [3.63, 3.8) is 0 Å². The SMILES string of the molecule is ClCC1(CNc2nnc3ccccc3n2)CCCCC1. The molecule has 20 heavy (non-hydrogen) atoms. The van der Waals surface area contributed by atoms with Crippen molar-refractivity contribution in [2.45, 2.75) is 32.1 Å². The number of aromatic nitrogens is 3. The Morgan fingerprint density at radius 1 is 1.05 bits per heavy atom. The van der Waals surface area contributed by atoms with Crippen LogP contribution in [-0.4, -0.2) is 27.6 Å². The number of rotatable bonds is 4. The predicted molar refractivity (Wildman–Crippen MR) is 82.1 cm³/mol. The number of anilines is 1. The van der Waals surface area contributed by atoms with Crippen molar-refractivity contribution in [3.8, 4) is 0 Å². The van der Waals surface area contributed by atoms with Gasteiger partial charge in [0, 0.05) is 17.8 Å². The van der Waals surface area contributed by atoms with Crippen LogP contribution in [0.25, 0.3) is 11.0 Å². The highest BCUT2D eigenvalue weighted by atomic mass is 35.5. The highest BCUT2D eigenvalue weighted by Gasteiger charge is 2.31. The first-order chi connectivity index (χ1) is 9.81. The topological polar surface area (TPSA) is 50.7 Å². The van der Waals surface area contributed by atoms with Gasteiger partial charge in [-0.3, -0.25) is 0 Å². The van der Waals surface area contributed by atoms with Crippen molar-refractivity contribution in [3.05, 3.63) is 24.3 Å². The average molecular weight is 291 g/mol. The molecule has 0 spiro atoms. The molecule has 0 unspecified atom stereocenters. The first-order valence-corrected chi connectivity index (χ1v) is 7.74. The molecule has 1 aromatic carbocycles. The molecule has 1 N–H and O–H groups in total. The molecule has 4 nitrogen and oxygen atoms in total. The third-order valence-electron chi connectivity index (χ3n) is 4.18. The van der Waals surface area contributed by atoms with Crippen LogP contribution >= 0.6 is 11.6 Å². The number of benzene rings is 1. The Balaban J connectivity index is 1.72. The molecule has 0 bridgehead atoms. The van der Waals surface area contributed by atoms with Crippen LogP contribution in [0.4, 0.5) is 5.95 Å². The Labute approximate surface area is 124 Å². The van der Waals surface area contributed by atoms with E-state index in [4.69, 9.17) is 11.6 Å². The van der Waals surface area contributed by atoms with Crippen molar-refractivity contribution < 1.29 is 0 Å². The van der Waals surface area contributed by atoms with Gasteiger partial charge in [0.2, 0.25) is 5.95 Å². The zero-order valence-electron chi connectivity index (χ0n) is 11.5. The highest BCUT2D eigenvalue weighted by Crippen LogP contribution is 2.37. The van der Waals surface area contributed by atoms with Gasteiger partial charge in [0.1, 0.15) is 5.52 Å². The number of hydrogen-bond donors (Lipinski definition) is 1. The highest BCUT2D eigenvalue weighted by molar-refractivity contribution is 6.18. The molecule has 2 aromatic rings. The molecule has 3 rings (SSSR count). The first-order valence-electron chi connectivity index (χ1n) is 7.21. The lowest BCUT2D eigenvalue weighted by Gasteiger charge is -2.35. The number of nitrogens with zero attached hydrogens (tertiary/aromatic N) is 3. The molecule has 1 fully saturated rings. The van der Waals surface area contributed by atoms with E-state index in [2.05, 4.69) is 20.5 Å². The Bertz CT molecular complexity index is 581. The normalized spacial score (nSPS) is 18.1. The fraction of sp³-hybridized carbons (Fsp3) is 0.533. The second kappa shape index (κ2) is 5.92. The Kier molecular flexibility index (Phi) is 4.01. The average Bonchev–Trinajstić information content (AvgIpc) is 2.54. The number of fused-ring (bicyclic) bond motifs is 1. The molecule has 0 saturated heterocycles. The first kappa shape index (κ1) is 13.6. The zero-order chi connectivity index (χ0) is 13.8. The Morgan fingerprint density at radius 3 is 2.55 bits per heavy atom. The summed E-state index contributed by atoms with van der Waals surface area (Å²) in [6.45, 7) is 0.830. The van der Waals surface area contributed by atoms with Crippen molar-refractivity contribution in [2.24, 2.45) is 5.41 Å². The van der Waals surface area contributed by atoms with Gasteiger partial charge in [-0.2, -0.15) is 0 Å². The van der Waals surface area contributed by atoms with Crippen LogP contribution in [0, 0.1) is 5.41 Å². The fourth-order valence-corrected chi connectivity index (χ4v) is 3.24. The summed E-state index contributed by atoms with van der Waals surface area (Å²) in [6, 6.07) is 7.77. The van der Waals surface area contributed by atoms with E-state index in [-0.39, 0.29) is 5.41 Å². The van der Waals surface area contributed by atoms with E-state index >= 15 is 0 Å². The van der Waals surface area contributed by atoms with Gasteiger partial charge >= 0.3 is 0 Å². The van der Waals surface area contributed by atoms with Gasteiger partial charge in [0.05, 0.1) is 5.52 Å². The van der Waals surface area contributed by atoms with Gasteiger partial charge in [-0.05, 0) is 25.0 Å². The van der Waals surface area contributed by atoms with E-state index in [1.54, 1.807) is 0 Å². The molecular weight excluding hydrogens is 272 g/mol. The lowest BCUT2D eigenvalue weighted by atomic mass is 9.75. The van der Waals surface area contributed by atoms with Crippen molar-refractivity contribution >= 4 is 28.6 Å². The van der Waals surface area contributed by atoms with Crippen LogP contribution in [0.5, 0.6) is 0 Å². The number of halogens is 1. The monoisotopic (exact) mass is 290 g/mol. The lowest BCUT2D eigenvalue weighted by molar-refractivity contribution is 0.237. The molecular formula is C15H19ClN4. The molecule has 1 aliphatic carbocycles. The van der Waals surface area contributed by atoms with Crippen molar-refractivity contribution in [1.29, 1.82) is 0 Å². The van der Waals surface area contributed by atoms with Crippen molar-refractivity contribution in [2.75, 3.05) is 17.7 Å². The fourth-order valence-electron chi connectivity index (χ4n) is 2.88. The summed E-state index contributed by atoms with van der Waals surface area (Å²) in [5.41, 5.74) is 1.88.